The minimum absolute atomic E-state index is 0.0183. The lowest BCUT2D eigenvalue weighted by Gasteiger charge is -2.35. The zero-order valence-corrected chi connectivity index (χ0v) is 14.4. The normalized spacial score (nSPS) is 16.7. The van der Waals surface area contributed by atoms with Crippen LogP contribution in [-0.4, -0.2) is 37.9 Å². The van der Waals surface area contributed by atoms with Crippen LogP contribution in [0.1, 0.15) is 42.5 Å². The first kappa shape index (κ1) is 20.1. The molecule has 0 saturated heterocycles. The van der Waals surface area contributed by atoms with E-state index in [1.54, 1.807) is 0 Å². The van der Waals surface area contributed by atoms with E-state index in [-0.39, 0.29) is 12.4 Å². The van der Waals surface area contributed by atoms with Crippen LogP contribution in [0.25, 0.3) is 0 Å². The molecule has 0 aliphatic heterocycles. The van der Waals surface area contributed by atoms with Crippen molar-refractivity contribution in [3.63, 3.8) is 0 Å². The van der Waals surface area contributed by atoms with Crippen molar-refractivity contribution in [3.05, 3.63) is 29.8 Å². The molecule has 1 atom stereocenters. The number of esters is 1. The fourth-order valence-electron chi connectivity index (χ4n) is 3.02. The average Bonchev–Trinajstić information content (AvgIpc) is 2.65. The van der Waals surface area contributed by atoms with Crippen molar-refractivity contribution in [1.82, 2.24) is 0 Å². The highest BCUT2D eigenvalue weighted by Gasteiger charge is 2.48. The van der Waals surface area contributed by atoms with Crippen LogP contribution in [0, 0.1) is 5.92 Å². The molecule has 144 valence electrons. The predicted octanol–water partition coefficient (Wildman–Crippen LogP) is 2.16. The minimum atomic E-state index is -4.25. The predicted molar refractivity (Wildman–Crippen MR) is 84.7 cm³/mol. The molecule has 26 heavy (non-hydrogen) atoms. The van der Waals surface area contributed by atoms with Gasteiger partial charge in [0.1, 0.15) is 11.7 Å². The summed E-state index contributed by atoms with van der Waals surface area (Å²) in [5, 5.41) is 10.9. The number of alkyl halides is 2. The van der Waals surface area contributed by atoms with Crippen LogP contribution in [0.2, 0.25) is 0 Å². The summed E-state index contributed by atoms with van der Waals surface area (Å²) >= 11 is 0. The zero-order valence-electron chi connectivity index (χ0n) is 14.4. The number of rotatable bonds is 8. The largest absolute Gasteiger partial charge is 0.544 e. The third kappa shape index (κ3) is 4.91. The highest BCUT2D eigenvalue weighted by atomic mass is 19.3. The highest BCUT2D eigenvalue weighted by molar-refractivity contribution is 5.90. The lowest BCUT2D eigenvalue weighted by molar-refractivity contribution is -0.337. The van der Waals surface area contributed by atoms with Gasteiger partial charge in [-0.15, -0.1) is 0 Å². The zero-order chi connectivity index (χ0) is 19.2. The summed E-state index contributed by atoms with van der Waals surface area (Å²) in [7, 11) is 1.45. The first-order valence-electron chi connectivity index (χ1n) is 8.38. The summed E-state index contributed by atoms with van der Waals surface area (Å²) in [4.78, 5) is 23.1. The standard InChI is InChI=1S/C18H22F2O6/c1-24-11-25-14-9-7-13(8-10-14)16(21)26-15(18(19,20)17(22)23)12-5-3-2-4-6-12/h7-10,12,15H,2-6,11H2,1H3,(H,22,23)/p-1. The van der Waals surface area contributed by atoms with Crippen LogP contribution < -0.4 is 9.84 Å². The molecule has 1 aromatic carbocycles. The Morgan fingerprint density at radius 3 is 2.35 bits per heavy atom. The Labute approximate surface area is 150 Å². The number of hydrogen-bond acceptors (Lipinski definition) is 6. The summed E-state index contributed by atoms with van der Waals surface area (Å²) in [6.07, 6.45) is 0.970. The first-order valence-corrected chi connectivity index (χ1v) is 8.38. The van der Waals surface area contributed by atoms with Crippen molar-refractivity contribution in [3.8, 4) is 5.75 Å². The molecule has 0 heterocycles. The summed E-state index contributed by atoms with van der Waals surface area (Å²) in [6.45, 7) is 0.0192. The van der Waals surface area contributed by atoms with Crippen LogP contribution in [0.5, 0.6) is 5.75 Å². The van der Waals surface area contributed by atoms with Gasteiger partial charge in [0.15, 0.2) is 12.9 Å². The van der Waals surface area contributed by atoms with Gasteiger partial charge in [0.05, 0.1) is 5.56 Å². The summed E-state index contributed by atoms with van der Waals surface area (Å²) in [5.74, 6) is -8.10. The molecule has 8 heteroatoms. The van der Waals surface area contributed by atoms with Crippen LogP contribution in [0.15, 0.2) is 24.3 Å². The lowest BCUT2D eigenvalue weighted by Crippen LogP contribution is -2.54. The van der Waals surface area contributed by atoms with Gasteiger partial charge in [-0.25, -0.2) is 4.79 Å². The van der Waals surface area contributed by atoms with E-state index in [1.165, 1.54) is 31.4 Å². The van der Waals surface area contributed by atoms with Crippen molar-refractivity contribution in [2.75, 3.05) is 13.9 Å². The van der Waals surface area contributed by atoms with Gasteiger partial charge < -0.3 is 24.1 Å². The number of carbonyl (C=O) groups is 2. The van der Waals surface area contributed by atoms with Gasteiger partial charge in [-0.3, -0.25) is 0 Å². The maximum Gasteiger partial charge on any atom is 0.338 e. The van der Waals surface area contributed by atoms with E-state index in [0.29, 0.717) is 31.4 Å². The fraction of sp³-hybridized carbons (Fsp3) is 0.556. The van der Waals surface area contributed by atoms with Gasteiger partial charge in [0, 0.05) is 13.0 Å². The fourth-order valence-corrected chi connectivity index (χ4v) is 3.02. The molecule has 1 unspecified atom stereocenters. The second-order valence-corrected chi connectivity index (χ2v) is 6.21. The monoisotopic (exact) mass is 371 g/mol. The molecule has 1 saturated carbocycles. The van der Waals surface area contributed by atoms with Crippen LogP contribution >= 0.6 is 0 Å². The summed E-state index contributed by atoms with van der Waals surface area (Å²) < 4.78 is 43.1. The number of ether oxygens (including phenoxy) is 3. The van der Waals surface area contributed by atoms with Gasteiger partial charge in [-0.1, -0.05) is 19.3 Å². The molecule has 1 aromatic rings. The average molecular weight is 371 g/mol. The maximum atomic E-state index is 14.1. The Kier molecular flexibility index (Phi) is 6.90. The second kappa shape index (κ2) is 8.93. The lowest BCUT2D eigenvalue weighted by atomic mass is 9.83. The van der Waals surface area contributed by atoms with E-state index >= 15 is 0 Å². The molecule has 1 aliphatic rings. The molecule has 1 fully saturated rings. The Bertz CT molecular complexity index is 611. The Hall–Kier alpha value is -2.22. The highest BCUT2D eigenvalue weighted by Crippen LogP contribution is 2.36. The number of hydrogen-bond donors (Lipinski definition) is 0. The second-order valence-electron chi connectivity index (χ2n) is 6.21. The first-order chi connectivity index (χ1) is 12.4. The van der Waals surface area contributed by atoms with Crippen LogP contribution in [0.4, 0.5) is 8.78 Å². The molecule has 1 aliphatic carbocycles. The van der Waals surface area contributed by atoms with E-state index in [0.717, 1.165) is 6.42 Å². The van der Waals surface area contributed by atoms with Crippen LogP contribution in [0.3, 0.4) is 0 Å². The van der Waals surface area contributed by atoms with Gasteiger partial charge in [0.25, 0.3) is 0 Å². The van der Waals surface area contributed by atoms with E-state index in [4.69, 9.17) is 14.2 Å². The smallest absolute Gasteiger partial charge is 0.338 e. The molecular formula is C18H21F2O6-. The Morgan fingerprint density at radius 2 is 1.81 bits per heavy atom. The van der Waals surface area contributed by atoms with Crippen molar-refractivity contribution >= 4 is 11.9 Å². The number of halogens is 2. The maximum absolute atomic E-state index is 14.1. The molecule has 2 rings (SSSR count). The van der Waals surface area contributed by atoms with Gasteiger partial charge in [-0.2, -0.15) is 8.78 Å². The number of carboxylic acid groups (broad SMARTS) is 1. The van der Waals surface area contributed by atoms with Crippen molar-refractivity contribution < 1.29 is 37.7 Å². The quantitative estimate of drug-likeness (QED) is 0.514. The van der Waals surface area contributed by atoms with Crippen molar-refractivity contribution in [2.45, 2.75) is 44.1 Å². The van der Waals surface area contributed by atoms with E-state index < -0.39 is 29.9 Å². The number of methoxy groups -OCH3 is 1. The SMILES string of the molecule is COCOc1ccc(C(=O)OC(C2CCCCC2)C(F)(F)C(=O)[O-])cc1. The topological polar surface area (TPSA) is 84.9 Å². The van der Waals surface area contributed by atoms with Gasteiger partial charge in [0.2, 0.25) is 0 Å². The number of aliphatic carboxylic acids is 1. The third-order valence-corrected chi connectivity index (χ3v) is 4.37. The van der Waals surface area contributed by atoms with E-state index in [9.17, 15) is 23.5 Å². The molecule has 0 aromatic heterocycles. The number of carboxylic acids is 1. The Morgan fingerprint density at radius 1 is 1.19 bits per heavy atom. The summed E-state index contributed by atoms with van der Waals surface area (Å²) in [5.41, 5.74) is 0.0183. The minimum Gasteiger partial charge on any atom is -0.544 e. The molecule has 0 amide bonds. The van der Waals surface area contributed by atoms with Crippen molar-refractivity contribution in [1.29, 1.82) is 0 Å². The Balaban J connectivity index is 2.13. The summed E-state index contributed by atoms with van der Waals surface area (Å²) in [6, 6.07) is 5.62. The van der Waals surface area contributed by atoms with Crippen molar-refractivity contribution in [2.24, 2.45) is 5.92 Å². The van der Waals surface area contributed by atoms with Gasteiger partial charge in [-0.05, 0) is 37.1 Å². The molecular weight excluding hydrogens is 350 g/mol. The van der Waals surface area contributed by atoms with Crippen LogP contribution in [-0.2, 0) is 14.3 Å². The third-order valence-electron chi connectivity index (χ3n) is 4.37. The van der Waals surface area contributed by atoms with E-state index in [2.05, 4.69) is 0 Å². The number of benzene rings is 1. The molecule has 0 spiro atoms. The molecule has 6 nitrogen and oxygen atoms in total. The molecule has 0 bridgehead atoms. The molecule has 0 N–H and O–H groups in total. The molecule has 0 radical (unpaired) electrons. The number of carbonyl (C=O) groups excluding carboxylic acids is 2. The van der Waals surface area contributed by atoms with Gasteiger partial charge >= 0.3 is 11.9 Å². The van der Waals surface area contributed by atoms with E-state index in [1.807, 2.05) is 0 Å².